The van der Waals surface area contributed by atoms with Crippen LogP contribution in [0.4, 0.5) is 5.00 Å². The standard InChI is InChI=1S/C21H23N3O4S2/c1-9-11(3)29-19-15(9)18(26)23-17(24-19)10(2)28-21(27)16-13-7-5-6-8-14(13)30-20(16)22-12(4)25/h10H,5-8H2,1-4H3,(H,22,25)(H,23,24,26). The van der Waals surface area contributed by atoms with Crippen molar-refractivity contribution in [1.82, 2.24) is 9.97 Å². The number of nitrogens with one attached hydrogen (secondary N) is 2. The maximum atomic E-state index is 13.1. The van der Waals surface area contributed by atoms with Crippen LogP contribution in [0.2, 0.25) is 0 Å². The summed E-state index contributed by atoms with van der Waals surface area (Å²) in [5.74, 6) is -0.421. The highest BCUT2D eigenvalue weighted by atomic mass is 32.1. The number of nitrogens with zero attached hydrogens (tertiary/aromatic N) is 1. The van der Waals surface area contributed by atoms with E-state index in [0.717, 1.165) is 46.6 Å². The number of hydrogen-bond donors (Lipinski definition) is 2. The molecule has 30 heavy (non-hydrogen) atoms. The van der Waals surface area contributed by atoms with Gasteiger partial charge in [-0.05, 0) is 57.6 Å². The fraction of sp³-hybridized carbons (Fsp3) is 0.429. The largest absolute Gasteiger partial charge is 0.451 e. The van der Waals surface area contributed by atoms with E-state index in [4.69, 9.17) is 4.74 Å². The third kappa shape index (κ3) is 3.67. The molecule has 158 valence electrons. The lowest BCUT2D eigenvalue weighted by molar-refractivity contribution is -0.114. The number of amides is 1. The molecule has 4 rings (SSSR count). The van der Waals surface area contributed by atoms with Crippen molar-refractivity contribution in [1.29, 1.82) is 0 Å². The van der Waals surface area contributed by atoms with Gasteiger partial charge in [0.05, 0.1) is 10.9 Å². The van der Waals surface area contributed by atoms with Crippen LogP contribution in [-0.4, -0.2) is 21.8 Å². The molecule has 0 bridgehead atoms. The average Bonchev–Trinajstić information content (AvgIpc) is 3.17. The predicted octanol–water partition coefficient (Wildman–Crippen LogP) is 4.42. The Morgan fingerprint density at radius 3 is 2.67 bits per heavy atom. The number of aromatic amines is 1. The normalized spacial score (nSPS) is 14.4. The van der Waals surface area contributed by atoms with E-state index in [2.05, 4.69) is 15.3 Å². The quantitative estimate of drug-likeness (QED) is 0.579. The Bertz CT molecular complexity index is 1220. The van der Waals surface area contributed by atoms with E-state index >= 15 is 0 Å². The maximum absolute atomic E-state index is 13.1. The van der Waals surface area contributed by atoms with Crippen molar-refractivity contribution in [3.8, 4) is 0 Å². The van der Waals surface area contributed by atoms with E-state index in [0.29, 0.717) is 26.6 Å². The second kappa shape index (κ2) is 7.96. The van der Waals surface area contributed by atoms with Gasteiger partial charge >= 0.3 is 5.97 Å². The first kappa shape index (κ1) is 20.7. The molecule has 1 unspecified atom stereocenters. The van der Waals surface area contributed by atoms with E-state index in [-0.39, 0.29) is 11.5 Å². The minimum absolute atomic E-state index is 0.226. The Labute approximate surface area is 181 Å². The van der Waals surface area contributed by atoms with Gasteiger partial charge in [0, 0.05) is 16.7 Å². The van der Waals surface area contributed by atoms with Gasteiger partial charge < -0.3 is 15.0 Å². The molecule has 2 N–H and O–H groups in total. The third-order valence-corrected chi connectivity index (χ3v) is 7.70. The Morgan fingerprint density at radius 1 is 1.20 bits per heavy atom. The molecule has 0 saturated heterocycles. The summed E-state index contributed by atoms with van der Waals surface area (Å²) in [5, 5.41) is 3.89. The van der Waals surface area contributed by atoms with Crippen molar-refractivity contribution in [2.45, 2.75) is 59.5 Å². The first-order valence-electron chi connectivity index (χ1n) is 9.89. The monoisotopic (exact) mass is 445 g/mol. The minimum atomic E-state index is -0.735. The van der Waals surface area contributed by atoms with Crippen molar-refractivity contribution >= 4 is 49.8 Å². The summed E-state index contributed by atoms with van der Waals surface area (Å²) >= 11 is 2.90. The molecule has 3 heterocycles. The lowest BCUT2D eigenvalue weighted by Gasteiger charge is -2.16. The van der Waals surface area contributed by atoms with Gasteiger partial charge in [0.2, 0.25) is 5.91 Å². The number of hydrogen-bond acceptors (Lipinski definition) is 7. The van der Waals surface area contributed by atoms with Crippen LogP contribution in [0.15, 0.2) is 4.79 Å². The molecular weight excluding hydrogens is 422 g/mol. The van der Waals surface area contributed by atoms with Crippen LogP contribution in [0.3, 0.4) is 0 Å². The number of fused-ring (bicyclic) bond motifs is 2. The lowest BCUT2D eigenvalue weighted by atomic mass is 9.95. The number of thiophene rings is 2. The highest BCUT2D eigenvalue weighted by Gasteiger charge is 2.29. The van der Waals surface area contributed by atoms with Crippen LogP contribution in [0.5, 0.6) is 0 Å². The molecule has 0 aromatic carbocycles. The molecule has 1 aliphatic rings. The fourth-order valence-electron chi connectivity index (χ4n) is 3.77. The Hall–Kier alpha value is -2.52. The van der Waals surface area contributed by atoms with E-state index < -0.39 is 12.1 Å². The fourth-order valence-corrected chi connectivity index (χ4v) is 6.13. The molecule has 1 atom stereocenters. The number of ether oxygens (including phenoxy) is 1. The zero-order valence-electron chi connectivity index (χ0n) is 17.3. The van der Waals surface area contributed by atoms with Crippen LogP contribution in [-0.2, 0) is 22.4 Å². The molecular formula is C21H23N3O4S2. The van der Waals surface area contributed by atoms with Crippen molar-refractivity contribution in [3.63, 3.8) is 0 Å². The summed E-state index contributed by atoms with van der Waals surface area (Å²) in [6.45, 7) is 6.96. The van der Waals surface area contributed by atoms with Crippen LogP contribution in [0, 0.1) is 13.8 Å². The van der Waals surface area contributed by atoms with Gasteiger partial charge in [0.15, 0.2) is 11.9 Å². The second-order valence-electron chi connectivity index (χ2n) is 7.56. The SMILES string of the molecule is CC(=O)Nc1sc2c(c1C(=O)OC(C)c1nc3sc(C)c(C)c3c(=O)[nH]1)CCCC2. The van der Waals surface area contributed by atoms with Gasteiger partial charge in [0.25, 0.3) is 5.56 Å². The van der Waals surface area contributed by atoms with Crippen LogP contribution >= 0.6 is 22.7 Å². The number of aromatic nitrogens is 2. The zero-order chi connectivity index (χ0) is 21.6. The van der Waals surface area contributed by atoms with Gasteiger partial charge in [-0.1, -0.05) is 0 Å². The summed E-state index contributed by atoms with van der Waals surface area (Å²) in [5.41, 5.74) is 2.09. The number of rotatable bonds is 4. The van der Waals surface area contributed by atoms with E-state index in [1.807, 2.05) is 13.8 Å². The van der Waals surface area contributed by atoms with Gasteiger partial charge in [-0.2, -0.15) is 0 Å². The molecule has 0 saturated carbocycles. The number of carbonyl (C=O) groups excluding carboxylic acids is 2. The number of carbonyl (C=O) groups is 2. The minimum Gasteiger partial charge on any atom is -0.451 e. The molecule has 7 nitrogen and oxygen atoms in total. The van der Waals surface area contributed by atoms with E-state index in [1.165, 1.54) is 29.6 Å². The smallest absolute Gasteiger partial charge is 0.342 e. The predicted molar refractivity (Wildman–Crippen MR) is 119 cm³/mol. The Kier molecular flexibility index (Phi) is 5.50. The van der Waals surface area contributed by atoms with Crippen molar-refractivity contribution in [2.24, 2.45) is 0 Å². The number of H-pyrrole nitrogens is 1. The molecule has 3 aromatic heterocycles. The third-order valence-electron chi connectivity index (χ3n) is 5.39. The molecule has 0 aliphatic heterocycles. The van der Waals surface area contributed by atoms with E-state index in [1.54, 1.807) is 6.92 Å². The Morgan fingerprint density at radius 2 is 1.93 bits per heavy atom. The van der Waals surface area contributed by atoms with Crippen molar-refractivity contribution in [2.75, 3.05) is 5.32 Å². The van der Waals surface area contributed by atoms with Gasteiger partial charge in [-0.15, -0.1) is 22.7 Å². The first-order chi connectivity index (χ1) is 14.3. The molecule has 1 aliphatic carbocycles. The molecule has 9 heteroatoms. The topological polar surface area (TPSA) is 101 Å². The highest BCUT2D eigenvalue weighted by molar-refractivity contribution is 7.18. The lowest BCUT2D eigenvalue weighted by Crippen LogP contribution is -2.19. The van der Waals surface area contributed by atoms with Crippen LogP contribution < -0.4 is 10.9 Å². The first-order valence-corrected chi connectivity index (χ1v) is 11.5. The summed E-state index contributed by atoms with van der Waals surface area (Å²) in [7, 11) is 0. The van der Waals surface area contributed by atoms with Gasteiger partial charge in [-0.25, -0.2) is 9.78 Å². The van der Waals surface area contributed by atoms with Crippen molar-refractivity contribution < 1.29 is 14.3 Å². The highest BCUT2D eigenvalue weighted by Crippen LogP contribution is 2.39. The second-order valence-corrected chi connectivity index (χ2v) is 9.87. The van der Waals surface area contributed by atoms with Gasteiger partial charge in [0.1, 0.15) is 9.83 Å². The van der Waals surface area contributed by atoms with E-state index in [9.17, 15) is 14.4 Å². The summed E-state index contributed by atoms with van der Waals surface area (Å²) in [4.78, 5) is 47.4. The molecule has 0 radical (unpaired) electrons. The number of aryl methyl sites for hydroxylation is 3. The summed E-state index contributed by atoms with van der Waals surface area (Å²) in [6, 6.07) is 0. The molecule has 1 amide bonds. The number of anilines is 1. The van der Waals surface area contributed by atoms with Gasteiger partial charge in [-0.3, -0.25) is 9.59 Å². The van der Waals surface area contributed by atoms with Crippen molar-refractivity contribution in [3.05, 3.63) is 42.6 Å². The Balaban J connectivity index is 1.66. The van der Waals surface area contributed by atoms with Crippen LogP contribution in [0.1, 0.15) is 69.9 Å². The summed E-state index contributed by atoms with van der Waals surface area (Å²) < 4.78 is 5.70. The van der Waals surface area contributed by atoms with Crippen LogP contribution in [0.25, 0.3) is 10.2 Å². The maximum Gasteiger partial charge on any atom is 0.342 e. The molecule has 3 aromatic rings. The average molecular weight is 446 g/mol. The number of esters is 1. The molecule has 0 fully saturated rings. The summed E-state index contributed by atoms with van der Waals surface area (Å²) in [6.07, 6.45) is 3.03. The molecule has 0 spiro atoms. The zero-order valence-corrected chi connectivity index (χ0v) is 18.9.